The highest BCUT2D eigenvalue weighted by molar-refractivity contribution is 5.90. The van der Waals surface area contributed by atoms with Gasteiger partial charge in [-0.1, -0.05) is 51.0 Å². The molecule has 0 aromatic heterocycles. The Kier molecular flexibility index (Phi) is 6.54. The standard InChI is InChI=1S/C29H40O5/c1-19-12-13-24-28(2,22(19)15-17-32-23-11-7-6-10-21(23)26(30)31)16-14-25-29(24,3)18-33-27(34-25)20-8-4-5-9-20/h6-7,10-11,20,22,24-25,27H,1,4-5,8-9,12-18H2,2-3H3,(H,30,31)/t22-,24?,25-,27-,28+,29+/m1/s1. The fourth-order valence-electron chi connectivity index (χ4n) is 7.92. The molecule has 0 bridgehead atoms. The molecule has 186 valence electrons. The van der Waals surface area contributed by atoms with E-state index in [1.54, 1.807) is 18.2 Å². The predicted octanol–water partition coefficient (Wildman–Crippen LogP) is 6.47. The van der Waals surface area contributed by atoms with Crippen molar-refractivity contribution in [2.45, 2.75) is 84.0 Å². The molecule has 6 atom stereocenters. The quantitative estimate of drug-likeness (QED) is 0.485. The van der Waals surface area contributed by atoms with Gasteiger partial charge in [-0.3, -0.25) is 0 Å². The SMILES string of the molecule is C=C1CCC2[C@]3(C)CO[C@@H](C4CCCC4)O[C@@H]3CC[C@@]2(C)[C@@H]1CCOc1ccccc1C(=O)O. The van der Waals surface area contributed by atoms with E-state index in [2.05, 4.69) is 20.4 Å². The molecule has 1 aliphatic heterocycles. The van der Waals surface area contributed by atoms with E-state index in [9.17, 15) is 9.90 Å². The second-order valence-electron chi connectivity index (χ2n) is 11.6. The van der Waals surface area contributed by atoms with E-state index >= 15 is 0 Å². The van der Waals surface area contributed by atoms with Crippen LogP contribution in [0.4, 0.5) is 0 Å². The average Bonchev–Trinajstić information content (AvgIpc) is 3.35. The summed E-state index contributed by atoms with van der Waals surface area (Å²) in [5, 5.41) is 9.46. The number of aromatic carboxylic acids is 1. The van der Waals surface area contributed by atoms with Gasteiger partial charge in [0.05, 0.1) is 19.3 Å². The Hall–Kier alpha value is -1.85. The van der Waals surface area contributed by atoms with Gasteiger partial charge in [-0.2, -0.15) is 0 Å². The molecule has 5 nitrogen and oxygen atoms in total. The number of rotatable bonds is 6. The first-order valence-corrected chi connectivity index (χ1v) is 13.2. The van der Waals surface area contributed by atoms with Crippen LogP contribution in [-0.4, -0.2) is 36.7 Å². The highest BCUT2D eigenvalue weighted by Crippen LogP contribution is 2.63. The number of carboxylic acid groups (broad SMARTS) is 1. The van der Waals surface area contributed by atoms with E-state index < -0.39 is 5.97 Å². The van der Waals surface area contributed by atoms with Crippen LogP contribution in [0.15, 0.2) is 36.4 Å². The smallest absolute Gasteiger partial charge is 0.339 e. The molecule has 1 saturated heterocycles. The summed E-state index contributed by atoms with van der Waals surface area (Å²) >= 11 is 0. The molecule has 4 aliphatic rings. The Bertz CT molecular complexity index is 921. The number of allylic oxidation sites excluding steroid dienone is 1. The molecule has 4 fully saturated rings. The molecule has 1 unspecified atom stereocenters. The van der Waals surface area contributed by atoms with Crippen molar-refractivity contribution in [2.24, 2.45) is 28.6 Å². The van der Waals surface area contributed by atoms with Gasteiger partial charge in [-0.25, -0.2) is 4.79 Å². The van der Waals surface area contributed by atoms with Gasteiger partial charge in [-0.15, -0.1) is 0 Å². The highest BCUT2D eigenvalue weighted by Gasteiger charge is 2.60. The molecule has 1 aromatic carbocycles. The van der Waals surface area contributed by atoms with Crippen LogP contribution in [0.5, 0.6) is 5.75 Å². The van der Waals surface area contributed by atoms with Gasteiger partial charge < -0.3 is 19.3 Å². The van der Waals surface area contributed by atoms with E-state index in [0.717, 1.165) is 38.7 Å². The first-order chi connectivity index (χ1) is 16.3. The summed E-state index contributed by atoms with van der Waals surface area (Å²) in [6.45, 7) is 10.6. The number of ether oxygens (including phenoxy) is 3. The van der Waals surface area contributed by atoms with Crippen molar-refractivity contribution in [3.8, 4) is 5.75 Å². The van der Waals surface area contributed by atoms with Crippen molar-refractivity contribution in [3.05, 3.63) is 42.0 Å². The highest BCUT2D eigenvalue weighted by atomic mass is 16.7. The molecule has 3 aliphatic carbocycles. The fraction of sp³-hybridized carbons (Fsp3) is 0.690. The van der Waals surface area contributed by atoms with Crippen LogP contribution in [0.25, 0.3) is 0 Å². The van der Waals surface area contributed by atoms with Crippen molar-refractivity contribution in [1.82, 2.24) is 0 Å². The average molecular weight is 469 g/mol. The van der Waals surface area contributed by atoms with E-state index in [1.807, 2.05) is 6.07 Å². The normalized spacial score (nSPS) is 38.2. The number of benzene rings is 1. The maximum atomic E-state index is 11.5. The second kappa shape index (κ2) is 9.31. The molecule has 5 heteroatoms. The Morgan fingerprint density at radius 3 is 2.68 bits per heavy atom. The van der Waals surface area contributed by atoms with Crippen LogP contribution in [0, 0.1) is 28.6 Å². The minimum atomic E-state index is -0.954. The molecule has 5 rings (SSSR count). The van der Waals surface area contributed by atoms with Crippen molar-refractivity contribution < 1.29 is 24.1 Å². The first-order valence-electron chi connectivity index (χ1n) is 13.2. The summed E-state index contributed by atoms with van der Waals surface area (Å²) in [7, 11) is 0. The Balaban J connectivity index is 1.29. The lowest BCUT2D eigenvalue weighted by atomic mass is 9.46. The van der Waals surface area contributed by atoms with Crippen molar-refractivity contribution in [2.75, 3.05) is 13.2 Å². The van der Waals surface area contributed by atoms with Crippen LogP contribution < -0.4 is 4.74 Å². The summed E-state index contributed by atoms with van der Waals surface area (Å²) in [5.41, 5.74) is 1.69. The molecule has 0 spiro atoms. The summed E-state index contributed by atoms with van der Waals surface area (Å²) in [5.74, 6) is 0.936. The van der Waals surface area contributed by atoms with E-state index in [4.69, 9.17) is 14.2 Å². The zero-order valence-corrected chi connectivity index (χ0v) is 20.8. The molecule has 34 heavy (non-hydrogen) atoms. The van der Waals surface area contributed by atoms with Gasteiger partial charge in [0.1, 0.15) is 11.3 Å². The largest absolute Gasteiger partial charge is 0.493 e. The zero-order chi connectivity index (χ0) is 23.9. The Morgan fingerprint density at radius 1 is 1.15 bits per heavy atom. The van der Waals surface area contributed by atoms with E-state index in [-0.39, 0.29) is 28.8 Å². The van der Waals surface area contributed by atoms with Crippen molar-refractivity contribution in [1.29, 1.82) is 0 Å². The number of carboxylic acids is 1. The summed E-state index contributed by atoms with van der Waals surface area (Å²) < 4.78 is 19.1. The lowest BCUT2D eigenvalue weighted by Crippen LogP contribution is -2.62. The minimum Gasteiger partial charge on any atom is -0.493 e. The van der Waals surface area contributed by atoms with Crippen LogP contribution in [0.2, 0.25) is 0 Å². The summed E-state index contributed by atoms with van der Waals surface area (Å²) in [6.07, 6.45) is 10.6. The lowest BCUT2D eigenvalue weighted by Gasteiger charge is -2.63. The van der Waals surface area contributed by atoms with Gasteiger partial charge in [0, 0.05) is 11.3 Å². The van der Waals surface area contributed by atoms with Gasteiger partial charge in [-0.05, 0) is 74.3 Å². The van der Waals surface area contributed by atoms with Crippen molar-refractivity contribution >= 4 is 5.97 Å². The zero-order valence-electron chi connectivity index (χ0n) is 20.8. The topological polar surface area (TPSA) is 65.0 Å². The fourth-order valence-corrected chi connectivity index (χ4v) is 7.92. The molecule has 1 heterocycles. The Morgan fingerprint density at radius 2 is 1.91 bits per heavy atom. The number of fused-ring (bicyclic) bond motifs is 3. The molecular weight excluding hydrogens is 428 g/mol. The lowest BCUT2D eigenvalue weighted by molar-refractivity contribution is -0.316. The Labute approximate surface area is 203 Å². The molecular formula is C29H40O5. The van der Waals surface area contributed by atoms with Crippen LogP contribution in [0.3, 0.4) is 0 Å². The minimum absolute atomic E-state index is 0.0120. The third-order valence-corrected chi connectivity index (χ3v) is 9.74. The summed E-state index contributed by atoms with van der Waals surface area (Å²) in [6, 6.07) is 6.89. The second-order valence-corrected chi connectivity index (χ2v) is 11.6. The van der Waals surface area contributed by atoms with Crippen molar-refractivity contribution in [3.63, 3.8) is 0 Å². The monoisotopic (exact) mass is 468 g/mol. The first kappa shape index (κ1) is 23.9. The van der Waals surface area contributed by atoms with Gasteiger partial charge in [0.15, 0.2) is 6.29 Å². The van der Waals surface area contributed by atoms with Crippen LogP contribution in [0.1, 0.15) is 82.0 Å². The third-order valence-electron chi connectivity index (χ3n) is 9.74. The molecule has 3 saturated carbocycles. The number of hydrogen-bond acceptors (Lipinski definition) is 4. The van der Waals surface area contributed by atoms with Crippen LogP contribution in [-0.2, 0) is 9.47 Å². The molecule has 1 aromatic rings. The maximum absolute atomic E-state index is 11.5. The number of carbonyl (C=O) groups is 1. The number of para-hydroxylation sites is 1. The van der Waals surface area contributed by atoms with Gasteiger partial charge in [0.2, 0.25) is 0 Å². The van der Waals surface area contributed by atoms with Gasteiger partial charge in [0.25, 0.3) is 0 Å². The molecule has 0 radical (unpaired) electrons. The van der Waals surface area contributed by atoms with Gasteiger partial charge >= 0.3 is 5.97 Å². The predicted molar refractivity (Wildman–Crippen MR) is 131 cm³/mol. The maximum Gasteiger partial charge on any atom is 0.339 e. The third kappa shape index (κ3) is 4.09. The molecule has 0 amide bonds. The van der Waals surface area contributed by atoms with E-state index in [0.29, 0.717) is 30.1 Å². The van der Waals surface area contributed by atoms with Crippen LogP contribution >= 0.6 is 0 Å². The van der Waals surface area contributed by atoms with E-state index in [1.165, 1.54) is 31.3 Å². The summed E-state index contributed by atoms with van der Waals surface area (Å²) in [4.78, 5) is 11.5. The molecule has 1 N–H and O–H groups in total. The number of hydrogen-bond donors (Lipinski definition) is 1.